The summed E-state index contributed by atoms with van der Waals surface area (Å²) in [4.78, 5) is 22.6. The van der Waals surface area contributed by atoms with Gasteiger partial charge in [0.15, 0.2) is 6.29 Å². The SMILES string of the molecule is CCc1cc(C(=O)O)c2c(c1)c(C=O)cn2CCCO. The van der Waals surface area contributed by atoms with Crippen molar-refractivity contribution < 1.29 is 19.8 Å². The molecule has 106 valence electrons. The zero-order valence-electron chi connectivity index (χ0n) is 11.3. The summed E-state index contributed by atoms with van der Waals surface area (Å²) in [6.07, 6.45) is 3.61. The molecule has 20 heavy (non-hydrogen) atoms. The molecule has 0 fully saturated rings. The Hall–Kier alpha value is -2.14. The molecule has 0 aliphatic carbocycles. The molecular formula is C15H17NO4. The Labute approximate surface area is 116 Å². The molecule has 0 aliphatic rings. The third kappa shape index (κ3) is 2.44. The van der Waals surface area contributed by atoms with Crippen LogP contribution in [0.1, 0.15) is 39.6 Å². The van der Waals surface area contributed by atoms with Gasteiger partial charge in [0.2, 0.25) is 0 Å². The summed E-state index contributed by atoms with van der Waals surface area (Å²) < 4.78 is 1.73. The van der Waals surface area contributed by atoms with Crippen LogP contribution in [0.5, 0.6) is 0 Å². The first-order chi connectivity index (χ1) is 9.62. The number of aromatic nitrogens is 1. The van der Waals surface area contributed by atoms with Gasteiger partial charge in [0.1, 0.15) is 0 Å². The van der Waals surface area contributed by atoms with Gasteiger partial charge in [0, 0.05) is 30.3 Å². The Morgan fingerprint density at radius 1 is 1.40 bits per heavy atom. The van der Waals surface area contributed by atoms with Gasteiger partial charge in [-0.25, -0.2) is 4.79 Å². The highest BCUT2D eigenvalue weighted by atomic mass is 16.4. The Morgan fingerprint density at radius 2 is 2.15 bits per heavy atom. The highest BCUT2D eigenvalue weighted by Crippen LogP contribution is 2.26. The molecule has 1 heterocycles. The maximum absolute atomic E-state index is 11.5. The maximum atomic E-state index is 11.5. The summed E-state index contributed by atoms with van der Waals surface area (Å²) in [5, 5.41) is 19.0. The van der Waals surface area contributed by atoms with E-state index >= 15 is 0 Å². The van der Waals surface area contributed by atoms with Gasteiger partial charge in [-0.2, -0.15) is 0 Å². The maximum Gasteiger partial charge on any atom is 0.337 e. The van der Waals surface area contributed by atoms with Crippen LogP contribution in [0.2, 0.25) is 0 Å². The quantitative estimate of drug-likeness (QED) is 0.791. The summed E-state index contributed by atoms with van der Waals surface area (Å²) in [6.45, 7) is 2.44. The van der Waals surface area contributed by atoms with Gasteiger partial charge in [0.25, 0.3) is 0 Å². The number of aliphatic hydroxyl groups is 1. The number of benzene rings is 1. The van der Waals surface area contributed by atoms with E-state index in [1.807, 2.05) is 13.0 Å². The van der Waals surface area contributed by atoms with Gasteiger partial charge >= 0.3 is 5.97 Å². The number of aldehydes is 1. The lowest BCUT2D eigenvalue weighted by molar-refractivity contribution is 0.0698. The summed E-state index contributed by atoms with van der Waals surface area (Å²) in [5.74, 6) is -1.01. The van der Waals surface area contributed by atoms with Crippen LogP contribution in [-0.4, -0.2) is 33.6 Å². The van der Waals surface area contributed by atoms with Crippen LogP contribution in [0.15, 0.2) is 18.3 Å². The summed E-state index contributed by atoms with van der Waals surface area (Å²) in [7, 11) is 0. The molecule has 2 rings (SSSR count). The van der Waals surface area contributed by atoms with E-state index in [0.717, 1.165) is 11.8 Å². The van der Waals surface area contributed by atoms with Crippen molar-refractivity contribution in [3.05, 3.63) is 35.0 Å². The molecule has 0 saturated heterocycles. The van der Waals surface area contributed by atoms with Crippen LogP contribution in [-0.2, 0) is 13.0 Å². The van der Waals surface area contributed by atoms with Crippen LogP contribution in [0.4, 0.5) is 0 Å². The largest absolute Gasteiger partial charge is 0.478 e. The minimum absolute atomic E-state index is 0.0194. The van der Waals surface area contributed by atoms with Crippen molar-refractivity contribution in [1.29, 1.82) is 0 Å². The molecule has 2 aromatic rings. The Kier molecular flexibility index (Phi) is 4.20. The third-order valence-electron chi connectivity index (χ3n) is 3.39. The van der Waals surface area contributed by atoms with E-state index < -0.39 is 5.97 Å². The highest BCUT2D eigenvalue weighted by molar-refractivity contribution is 6.07. The molecule has 0 bridgehead atoms. The summed E-state index contributed by atoms with van der Waals surface area (Å²) >= 11 is 0. The molecule has 0 radical (unpaired) electrons. The number of aryl methyl sites for hydroxylation is 2. The molecule has 5 heteroatoms. The molecule has 1 aromatic carbocycles. The van der Waals surface area contributed by atoms with Gasteiger partial charge in [-0.15, -0.1) is 0 Å². The van der Waals surface area contributed by atoms with Crippen molar-refractivity contribution in [2.24, 2.45) is 0 Å². The number of hydrogen-bond donors (Lipinski definition) is 2. The zero-order chi connectivity index (χ0) is 14.7. The predicted molar refractivity (Wildman–Crippen MR) is 75.4 cm³/mol. The number of hydrogen-bond acceptors (Lipinski definition) is 3. The van der Waals surface area contributed by atoms with Gasteiger partial charge in [0.05, 0.1) is 11.1 Å². The molecule has 0 amide bonds. The zero-order valence-corrected chi connectivity index (χ0v) is 11.3. The fourth-order valence-electron chi connectivity index (χ4n) is 2.40. The smallest absolute Gasteiger partial charge is 0.337 e. The number of carbonyl (C=O) groups excluding carboxylic acids is 1. The third-order valence-corrected chi connectivity index (χ3v) is 3.39. The number of fused-ring (bicyclic) bond motifs is 1. The minimum atomic E-state index is -1.01. The Balaban J connectivity index is 2.75. The van der Waals surface area contributed by atoms with Gasteiger partial charge in [-0.05, 0) is 30.5 Å². The van der Waals surface area contributed by atoms with Crippen molar-refractivity contribution in [3.8, 4) is 0 Å². The second kappa shape index (κ2) is 5.88. The monoisotopic (exact) mass is 275 g/mol. The van der Waals surface area contributed by atoms with Gasteiger partial charge in [-0.1, -0.05) is 6.92 Å². The predicted octanol–water partition coefficient (Wildman–Crippen LogP) is 2.10. The number of nitrogens with zero attached hydrogens (tertiary/aromatic N) is 1. The van der Waals surface area contributed by atoms with Crippen LogP contribution >= 0.6 is 0 Å². The van der Waals surface area contributed by atoms with E-state index in [4.69, 9.17) is 5.11 Å². The van der Waals surface area contributed by atoms with Crippen LogP contribution < -0.4 is 0 Å². The average Bonchev–Trinajstić information content (AvgIpc) is 2.81. The standard InChI is InChI=1S/C15H17NO4/c1-2-10-6-12-11(9-18)8-16(4-3-5-17)14(12)13(7-10)15(19)20/h6-9,17H,2-5H2,1H3,(H,19,20). The van der Waals surface area contributed by atoms with Gasteiger partial charge < -0.3 is 14.8 Å². The molecule has 5 nitrogen and oxygen atoms in total. The first-order valence-electron chi connectivity index (χ1n) is 6.57. The molecule has 2 N–H and O–H groups in total. The first kappa shape index (κ1) is 14.3. The van der Waals surface area contributed by atoms with Crippen molar-refractivity contribution in [2.75, 3.05) is 6.61 Å². The second-order valence-electron chi connectivity index (χ2n) is 4.67. The number of aliphatic hydroxyl groups excluding tert-OH is 1. The fraction of sp³-hybridized carbons (Fsp3) is 0.333. The molecule has 0 unspecified atom stereocenters. The highest BCUT2D eigenvalue weighted by Gasteiger charge is 2.17. The van der Waals surface area contributed by atoms with Crippen LogP contribution in [0.25, 0.3) is 10.9 Å². The van der Waals surface area contributed by atoms with E-state index in [0.29, 0.717) is 35.9 Å². The molecule has 0 spiro atoms. The number of carbonyl (C=O) groups is 2. The number of aromatic carboxylic acids is 1. The van der Waals surface area contributed by atoms with E-state index in [1.165, 1.54) is 0 Å². The minimum Gasteiger partial charge on any atom is -0.478 e. The van der Waals surface area contributed by atoms with Crippen LogP contribution in [0, 0.1) is 0 Å². The fourth-order valence-corrected chi connectivity index (χ4v) is 2.40. The van der Waals surface area contributed by atoms with Crippen molar-refractivity contribution in [2.45, 2.75) is 26.3 Å². The van der Waals surface area contributed by atoms with Crippen molar-refractivity contribution in [3.63, 3.8) is 0 Å². The molecule has 0 atom stereocenters. The first-order valence-corrected chi connectivity index (χ1v) is 6.57. The number of carboxylic acid groups (broad SMARTS) is 1. The van der Waals surface area contributed by atoms with E-state index in [2.05, 4.69) is 0 Å². The van der Waals surface area contributed by atoms with E-state index in [1.54, 1.807) is 16.8 Å². The molecule has 0 saturated carbocycles. The van der Waals surface area contributed by atoms with E-state index in [-0.39, 0.29) is 12.2 Å². The summed E-state index contributed by atoms with van der Waals surface area (Å²) in [5.41, 5.74) is 2.12. The molecular weight excluding hydrogens is 258 g/mol. The van der Waals surface area contributed by atoms with Crippen molar-refractivity contribution >= 4 is 23.2 Å². The lowest BCUT2D eigenvalue weighted by Crippen LogP contribution is -2.05. The van der Waals surface area contributed by atoms with Gasteiger partial charge in [-0.3, -0.25) is 4.79 Å². The topological polar surface area (TPSA) is 79.5 Å². The lowest BCUT2D eigenvalue weighted by Gasteiger charge is -2.08. The van der Waals surface area contributed by atoms with E-state index in [9.17, 15) is 14.7 Å². The number of rotatable bonds is 6. The Bertz CT molecular complexity index is 657. The lowest BCUT2D eigenvalue weighted by atomic mass is 10.0. The Morgan fingerprint density at radius 3 is 2.70 bits per heavy atom. The average molecular weight is 275 g/mol. The number of carboxylic acids is 1. The normalized spacial score (nSPS) is 10.9. The summed E-state index contributed by atoms with van der Waals surface area (Å²) in [6, 6.07) is 3.51. The second-order valence-corrected chi connectivity index (χ2v) is 4.67. The van der Waals surface area contributed by atoms with Crippen LogP contribution in [0.3, 0.4) is 0 Å². The molecule has 1 aromatic heterocycles. The van der Waals surface area contributed by atoms with Crippen molar-refractivity contribution in [1.82, 2.24) is 4.57 Å². The molecule has 0 aliphatic heterocycles.